The third kappa shape index (κ3) is 8.01. The molecule has 0 aliphatic carbocycles. The van der Waals surface area contributed by atoms with Gasteiger partial charge in [0.15, 0.2) is 0 Å². The third-order valence-corrected chi connectivity index (χ3v) is 4.66. The topological polar surface area (TPSA) is 251 Å². The highest BCUT2D eigenvalue weighted by Crippen LogP contribution is 2.04. The molecule has 0 aromatic carbocycles. The van der Waals surface area contributed by atoms with E-state index >= 15 is 0 Å². The predicted molar refractivity (Wildman–Crippen MR) is 115 cm³/mol. The van der Waals surface area contributed by atoms with Crippen molar-refractivity contribution >= 4 is 29.6 Å². The smallest absolute Gasteiger partial charge is 0.326 e. The van der Waals surface area contributed by atoms with Crippen LogP contribution in [-0.4, -0.2) is 78.8 Å². The second kappa shape index (κ2) is 12.1. The number of carbonyl (C=O) groups is 5. The molecule has 0 saturated carbocycles. The van der Waals surface area contributed by atoms with Crippen molar-refractivity contribution in [2.45, 2.75) is 50.4 Å². The van der Waals surface area contributed by atoms with E-state index in [4.69, 9.17) is 11.5 Å². The summed E-state index contributed by atoms with van der Waals surface area (Å²) in [5, 5.41) is 16.6. The van der Waals surface area contributed by atoms with Crippen LogP contribution in [0.4, 0.5) is 0 Å². The highest BCUT2D eigenvalue weighted by molar-refractivity contribution is 5.96. The number of rotatable bonds is 13. The maximum absolute atomic E-state index is 13.0. The summed E-state index contributed by atoms with van der Waals surface area (Å²) in [6, 6.07) is -4.97. The van der Waals surface area contributed by atoms with Gasteiger partial charge >= 0.3 is 5.97 Å². The minimum Gasteiger partial charge on any atom is -0.480 e. The molecular weight excluding hydrogens is 450 g/mol. The maximum Gasteiger partial charge on any atom is 0.326 e. The molecule has 2 aromatic heterocycles. The number of carbonyl (C=O) groups excluding carboxylic acids is 4. The number of hydrogen-bond donors (Lipinski definition) is 8. The van der Waals surface area contributed by atoms with Crippen molar-refractivity contribution in [2.24, 2.45) is 11.5 Å². The number of carboxylic acid groups (broad SMARTS) is 1. The van der Waals surface area contributed by atoms with Crippen molar-refractivity contribution in [3.8, 4) is 0 Å². The summed E-state index contributed by atoms with van der Waals surface area (Å²) in [6.45, 7) is 1.38. The van der Waals surface area contributed by atoms with E-state index in [0.29, 0.717) is 11.4 Å². The fraction of sp³-hybridized carbons (Fsp3) is 0.421. The largest absolute Gasteiger partial charge is 0.480 e. The molecule has 0 aliphatic rings. The fourth-order valence-corrected chi connectivity index (χ4v) is 2.90. The van der Waals surface area contributed by atoms with Gasteiger partial charge in [0.2, 0.25) is 23.6 Å². The Labute approximate surface area is 193 Å². The Kier molecular flexibility index (Phi) is 9.25. The van der Waals surface area contributed by atoms with Crippen LogP contribution in [0.1, 0.15) is 24.7 Å². The third-order valence-electron chi connectivity index (χ3n) is 4.66. The fourth-order valence-electron chi connectivity index (χ4n) is 2.90. The average Bonchev–Trinajstić information content (AvgIpc) is 3.45. The standard InChI is InChI=1S/C19H27N9O6/c1-9(20)16(30)26-13(4-15(21)29)18(32)27-12(2-10-5-22-7-24-10)17(31)28-14(19(33)34)3-11-6-23-8-25-11/h5-9,12-14H,2-4,20H2,1H3,(H2,21,29)(H,22,24)(H,23,25)(H,26,30)(H,27,32)(H,28,31)(H,33,34). The molecule has 0 aliphatic heterocycles. The lowest BCUT2D eigenvalue weighted by Gasteiger charge is -2.24. The van der Waals surface area contributed by atoms with Gasteiger partial charge in [0, 0.05) is 36.6 Å². The van der Waals surface area contributed by atoms with Gasteiger partial charge in [-0.25, -0.2) is 14.8 Å². The first-order chi connectivity index (χ1) is 16.1. The maximum atomic E-state index is 13.0. The van der Waals surface area contributed by atoms with Crippen LogP contribution < -0.4 is 27.4 Å². The first-order valence-electron chi connectivity index (χ1n) is 10.2. The second-order valence-electron chi connectivity index (χ2n) is 7.54. The number of carboxylic acids is 1. The summed E-state index contributed by atoms with van der Waals surface area (Å²) in [4.78, 5) is 74.0. The molecule has 2 heterocycles. The number of nitrogens with one attached hydrogen (secondary N) is 5. The van der Waals surface area contributed by atoms with Gasteiger partial charge in [-0.3, -0.25) is 19.2 Å². The van der Waals surface area contributed by atoms with E-state index in [9.17, 15) is 29.1 Å². The molecular formula is C19H27N9O6. The van der Waals surface area contributed by atoms with Crippen LogP contribution >= 0.6 is 0 Å². The molecule has 4 amide bonds. The van der Waals surface area contributed by atoms with Gasteiger partial charge in [0.1, 0.15) is 18.1 Å². The molecule has 0 radical (unpaired) electrons. The van der Waals surface area contributed by atoms with Crippen molar-refractivity contribution in [3.05, 3.63) is 36.4 Å². The number of aromatic nitrogens is 4. The molecule has 0 bridgehead atoms. The highest BCUT2D eigenvalue weighted by Gasteiger charge is 2.31. The summed E-state index contributed by atoms with van der Waals surface area (Å²) < 4.78 is 0. The van der Waals surface area contributed by atoms with Crippen LogP contribution in [0.5, 0.6) is 0 Å². The zero-order valence-electron chi connectivity index (χ0n) is 18.3. The Morgan fingerprint density at radius 2 is 1.35 bits per heavy atom. The van der Waals surface area contributed by atoms with Gasteiger partial charge in [-0.05, 0) is 6.92 Å². The number of aromatic amines is 2. The van der Waals surface area contributed by atoms with Crippen molar-refractivity contribution in [1.29, 1.82) is 0 Å². The molecule has 2 aromatic rings. The van der Waals surface area contributed by atoms with Gasteiger partial charge in [0.05, 0.1) is 25.1 Å². The SMILES string of the molecule is CC(N)C(=O)NC(CC(N)=O)C(=O)NC(Cc1cnc[nH]1)C(=O)NC(Cc1cnc[nH]1)C(=O)O. The van der Waals surface area contributed by atoms with Gasteiger partial charge in [-0.15, -0.1) is 0 Å². The van der Waals surface area contributed by atoms with E-state index in [-0.39, 0.29) is 12.8 Å². The van der Waals surface area contributed by atoms with Crippen LogP contribution in [0.3, 0.4) is 0 Å². The molecule has 10 N–H and O–H groups in total. The van der Waals surface area contributed by atoms with E-state index < -0.39 is 60.2 Å². The van der Waals surface area contributed by atoms with E-state index in [1.165, 1.54) is 32.0 Å². The van der Waals surface area contributed by atoms with Crippen LogP contribution in [-0.2, 0) is 36.8 Å². The zero-order valence-corrected chi connectivity index (χ0v) is 18.3. The van der Waals surface area contributed by atoms with Gasteiger partial charge < -0.3 is 42.5 Å². The van der Waals surface area contributed by atoms with Crippen LogP contribution in [0.15, 0.2) is 25.0 Å². The first kappa shape index (κ1) is 26.0. The molecule has 4 atom stereocenters. The summed E-state index contributed by atoms with van der Waals surface area (Å²) in [5.41, 5.74) is 11.6. The molecule has 15 heteroatoms. The summed E-state index contributed by atoms with van der Waals surface area (Å²) in [7, 11) is 0. The van der Waals surface area contributed by atoms with Crippen LogP contribution in [0.25, 0.3) is 0 Å². The van der Waals surface area contributed by atoms with E-state index in [0.717, 1.165) is 0 Å². The molecule has 34 heavy (non-hydrogen) atoms. The molecule has 15 nitrogen and oxygen atoms in total. The Bertz CT molecular complexity index is 990. The summed E-state index contributed by atoms with van der Waals surface area (Å²) in [5.74, 6) is -4.57. The number of nitrogens with zero attached hydrogens (tertiary/aromatic N) is 2. The number of hydrogen-bond acceptors (Lipinski definition) is 8. The molecule has 2 rings (SSSR count). The number of nitrogens with two attached hydrogens (primary N) is 2. The minimum atomic E-state index is -1.40. The number of imidazole rings is 2. The quantitative estimate of drug-likeness (QED) is 0.143. The predicted octanol–water partition coefficient (Wildman–Crippen LogP) is -3.32. The second-order valence-corrected chi connectivity index (χ2v) is 7.54. The summed E-state index contributed by atoms with van der Waals surface area (Å²) >= 11 is 0. The lowest BCUT2D eigenvalue weighted by atomic mass is 10.1. The van der Waals surface area contributed by atoms with Gasteiger partial charge in [-0.1, -0.05) is 0 Å². The monoisotopic (exact) mass is 477 g/mol. The lowest BCUT2D eigenvalue weighted by Crippen LogP contribution is -2.58. The van der Waals surface area contributed by atoms with Crippen molar-refractivity contribution < 1.29 is 29.1 Å². The zero-order chi connectivity index (χ0) is 25.3. The minimum absolute atomic E-state index is 0.0828. The van der Waals surface area contributed by atoms with Crippen molar-refractivity contribution in [1.82, 2.24) is 35.9 Å². The Morgan fingerprint density at radius 3 is 1.79 bits per heavy atom. The van der Waals surface area contributed by atoms with E-state index in [2.05, 4.69) is 35.9 Å². The Hall–Kier alpha value is -4.27. The summed E-state index contributed by atoms with van der Waals surface area (Å²) in [6.07, 6.45) is 4.86. The highest BCUT2D eigenvalue weighted by atomic mass is 16.4. The van der Waals surface area contributed by atoms with Gasteiger partial charge in [-0.2, -0.15) is 0 Å². The lowest BCUT2D eigenvalue weighted by molar-refractivity contribution is -0.142. The van der Waals surface area contributed by atoms with Crippen molar-refractivity contribution in [2.75, 3.05) is 0 Å². The average molecular weight is 477 g/mol. The van der Waals surface area contributed by atoms with Crippen LogP contribution in [0.2, 0.25) is 0 Å². The van der Waals surface area contributed by atoms with Crippen LogP contribution in [0, 0.1) is 0 Å². The Morgan fingerprint density at radius 1 is 0.882 bits per heavy atom. The molecule has 0 saturated heterocycles. The van der Waals surface area contributed by atoms with Gasteiger partial charge in [0.25, 0.3) is 0 Å². The van der Waals surface area contributed by atoms with Crippen molar-refractivity contribution in [3.63, 3.8) is 0 Å². The number of amides is 4. The Balaban J connectivity index is 2.19. The first-order valence-corrected chi connectivity index (χ1v) is 10.2. The molecule has 184 valence electrons. The van der Waals surface area contributed by atoms with E-state index in [1.807, 2.05) is 0 Å². The molecule has 0 fully saturated rings. The molecule has 0 spiro atoms. The van der Waals surface area contributed by atoms with E-state index in [1.54, 1.807) is 0 Å². The number of primary amides is 1. The number of aliphatic carboxylic acids is 1. The molecule has 4 unspecified atom stereocenters. The number of H-pyrrole nitrogens is 2. The normalized spacial score (nSPS) is 14.3.